The first-order chi connectivity index (χ1) is 6.68. The van der Waals surface area contributed by atoms with Crippen molar-refractivity contribution >= 4 is 5.91 Å². The molecular formula is C11H20N2O. The molecule has 0 radical (unpaired) electrons. The maximum absolute atomic E-state index is 11.6. The van der Waals surface area contributed by atoms with E-state index in [1.165, 1.54) is 6.42 Å². The van der Waals surface area contributed by atoms with E-state index in [0.717, 1.165) is 32.5 Å². The van der Waals surface area contributed by atoms with Crippen LogP contribution in [0.15, 0.2) is 0 Å². The van der Waals surface area contributed by atoms with Crippen molar-refractivity contribution in [2.24, 2.45) is 0 Å². The third-order valence-electron chi connectivity index (χ3n) is 3.49. The second-order valence-corrected chi connectivity index (χ2v) is 4.72. The Labute approximate surface area is 86.1 Å². The van der Waals surface area contributed by atoms with E-state index in [1.54, 1.807) is 0 Å². The van der Waals surface area contributed by atoms with Gasteiger partial charge in [-0.1, -0.05) is 0 Å². The number of hydrogen-bond acceptors (Lipinski definition) is 2. The van der Waals surface area contributed by atoms with Crippen LogP contribution in [0.2, 0.25) is 0 Å². The summed E-state index contributed by atoms with van der Waals surface area (Å²) in [6.45, 7) is 7.56. The molecule has 2 heterocycles. The smallest absolute Gasteiger partial charge is 0.222 e. The van der Waals surface area contributed by atoms with Crippen LogP contribution in [0.1, 0.15) is 33.1 Å². The lowest BCUT2D eigenvalue weighted by Crippen LogP contribution is -2.58. The third kappa shape index (κ3) is 1.78. The molecule has 1 atom stereocenters. The quantitative estimate of drug-likeness (QED) is 0.627. The minimum absolute atomic E-state index is 0.379. The van der Waals surface area contributed by atoms with E-state index in [-0.39, 0.29) is 0 Å². The normalized spacial score (nSPS) is 29.5. The van der Waals surface area contributed by atoms with Crippen LogP contribution in [-0.4, -0.2) is 47.4 Å². The number of rotatable bonds is 1. The first-order valence-corrected chi connectivity index (χ1v) is 5.72. The summed E-state index contributed by atoms with van der Waals surface area (Å²) in [6.07, 6.45) is 3.07. The van der Waals surface area contributed by atoms with E-state index in [2.05, 4.69) is 23.6 Å². The van der Waals surface area contributed by atoms with Crippen molar-refractivity contribution < 1.29 is 4.79 Å². The van der Waals surface area contributed by atoms with Crippen LogP contribution in [0.4, 0.5) is 0 Å². The molecule has 14 heavy (non-hydrogen) atoms. The molecule has 3 heteroatoms. The third-order valence-corrected chi connectivity index (χ3v) is 3.49. The molecule has 2 aliphatic rings. The van der Waals surface area contributed by atoms with Crippen molar-refractivity contribution in [3.63, 3.8) is 0 Å². The van der Waals surface area contributed by atoms with Crippen LogP contribution < -0.4 is 0 Å². The predicted octanol–water partition coefficient (Wildman–Crippen LogP) is 1.09. The van der Waals surface area contributed by atoms with E-state index in [9.17, 15) is 4.79 Å². The van der Waals surface area contributed by atoms with E-state index in [4.69, 9.17) is 0 Å². The zero-order chi connectivity index (χ0) is 10.1. The molecule has 3 nitrogen and oxygen atoms in total. The van der Waals surface area contributed by atoms with Crippen LogP contribution >= 0.6 is 0 Å². The Balaban J connectivity index is 1.99. The molecule has 0 aliphatic carbocycles. The fraction of sp³-hybridized carbons (Fsp3) is 0.909. The largest absolute Gasteiger partial charge is 0.337 e. The predicted molar refractivity (Wildman–Crippen MR) is 56.1 cm³/mol. The number of piperidine rings is 1. The zero-order valence-electron chi connectivity index (χ0n) is 9.20. The second kappa shape index (κ2) is 3.89. The van der Waals surface area contributed by atoms with Crippen molar-refractivity contribution in [3.8, 4) is 0 Å². The molecule has 2 rings (SSSR count). The highest BCUT2D eigenvalue weighted by molar-refractivity contribution is 5.77. The Kier molecular flexibility index (Phi) is 2.77. The maximum Gasteiger partial charge on any atom is 0.222 e. The lowest BCUT2D eigenvalue weighted by Gasteiger charge is -2.45. The highest BCUT2D eigenvalue weighted by atomic mass is 16.2. The topological polar surface area (TPSA) is 23.6 Å². The van der Waals surface area contributed by atoms with Gasteiger partial charge in [-0.3, -0.25) is 9.69 Å². The first-order valence-electron chi connectivity index (χ1n) is 5.72. The molecule has 0 aromatic rings. The van der Waals surface area contributed by atoms with Gasteiger partial charge < -0.3 is 4.90 Å². The summed E-state index contributed by atoms with van der Waals surface area (Å²) in [6, 6.07) is 1.13. The Morgan fingerprint density at radius 2 is 2.14 bits per heavy atom. The monoisotopic (exact) mass is 196 g/mol. The summed E-state index contributed by atoms with van der Waals surface area (Å²) in [5, 5.41) is 0. The molecule has 2 fully saturated rings. The molecule has 0 N–H and O–H groups in total. The average Bonchev–Trinajstić information content (AvgIpc) is 2.17. The summed E-state index contributed by atoms with van der Waals surface area (Å²) in [5.74, 6) is 0.379. The number of nitrogens with zero attached hydrogens (tertiary/aromatic N) is 2. The highest BCUT2D eigenvalue weighted by Gasteiger charge is 2.33. The van der Waals surface area contributed by atoms with Gasteiger partial charge >= 0.3 is 0 Å². The van der Waals surface area contributed by atoms with Crippen LogP contribution in [0.5, 0.6) is 0 Å². The molecule has 0 spiro atoms. The van der Waals surface area contributed by atoms with Crippen LogP contribution in [0, 0.1) is 0 Å². The van der Waals surface area contributed by atoms with Crippen molar-refractivity contribution in [1.82, 2.24) is 9.80 Å². The van der Waals surface area contributed by atoms with Crippen molar-refractivity contribution in [1.29, 1.82) is 0 Å². The lowest BCUT2D eigenvalue weighted by molar-refractivity contribution is -0.139. The Hall–Kier alpha value is -0.570. The van der Waals surface area contributed by atoms with E-state index < -0.39 is 0 Å². The Morgan fingerprint density at radius 1 is 1.36 bits per heavy atom. The number of hydrogen-bond donors (Lipinski definition) is 0. The first kappa shape index (κ1) is 9.97. The van der Waals surface area contributed by atoms with Gasteiger partial charge in [-0.2, -0.15) is 0 Å². The van der Waals surface area contributed by atoms with E-state index in [1.807, 2.05) is 0 Å². The molecule has 2 saturated heterocycles. The fourth-order valence-corrected chi connectivity index (χ4v) is 2.56. The fourth-order valence-electron chi connectivity index (χ4n) is 2.56. The van der Waals surface area contributed by atoms with Gasteiger partial charge in [-0.05, 0) is 26.7 Å². The summed E-state index contributed by atoms with van der Waals surface area (Å²) < 4.78 is 0. The minimum atomic E-state index is 0.379. The summed E-state index contributed by atoms with van der Waals surface area (Å²) in [7, 11) is 0. The van der Waals surface area contributed by atoms with Crippen molar-refractivity contribution in [2.45, 2.75) is 45.2 Å². The number of piperazine rings is 1. The van der Waals surface area contributed by atoms with Crippen LogP contribution in [-0.2, 0) is 4.79 Å². The highest BCUT2D eigenvalue weighted by Crippen LogP contribution is 2.22. The van der Waals surface area contributed by atoms with Gasteiger partial charge in [0.25, 0.3) is 0 Å². The summed E-state index contributed by atoms with van der Waals surface area (Å²) in [4.78, 5) is 16.2. The van der Waals surface area contributed by atoms with Gasteiger partial charge in [0.1, 0.15) is 0 Å². The van der Waals surface area contributed by atoms with Gasteiger partial charge in [-0.25, -0.2) is 0 Å². The standard InChI is InChI=1S/C11H20N2O/c1-9(2)12-6-7-13-10(8-12)4-3-5-11(13)14/h9-10H,3-8H2,1-2H3/t10-/m1/s1. The number of carbonyl (C=O) groups excluding carboxylic acids is 1. The molecule has 2 aliphatic heterocycles. The van der Waals surface area contributed by atoms with E-state index in [0.29, 0.717) is 18.0 Å². The minimum Gasteiger partial charge on any atom is -0.337 e. The number of carbonyl (C=O) groups is 1. The molecule has 1 amide bonds. The van der Waals surface area contributed by atoms with Gasteiger partial charge in [0.05, 0.1) is 0 Å². The molecular weight excluding hydrogens is 176 g/mol. The average molecular weight is 196 g/mol. The molecule has 0 aromatic heterocycles. The lowest BCUT2D eigenvalue weighted by atomic mass is 9.98. The van der Waals surface area contributed by atoms with Crippen molar-refractivity contribution in [3.05, 3.63) is 0 Å². The Bertz CT molecular complexity index is 227. The molecule has 0 saturated carbocycles. The molecule has 0 unspecified atom stereocenters. The van der Waals surface area contributed by atoms with Crippen LogP contribution in [0.25, 0.3) is 0 Å². The van der Waals surface area contributed by atoms with Gasteiger partial charge in [0.15, 0.2) is 0 Å². The molecule has 80 valence electrons. The summed E-state index contributed by atoms with van der Waals surface area (Å²) in [5.41, 5.74) is 0. The van der Waals surface area contributed by atoms with Gasteiger partial charge in [0.2, 0.25) is 5.91 Å². The van der Waals surface area contributed by atoms with Crippen molar-refractivity contribution in [2.75, 3.05) is 19.6 Å². The molecule has 0 bridgehead atoms. The van der Waals surface area contributed by atoms with Gasteiger partial charge in [0, 0.05) is 38.1 Å². The number of fused-ring (bicyclic) bond motifs is 1. The van der Waals surface area contributed by atoms with Gasteiger partial charge in [-0.15, -0.1) is 0 Å². The SMILES string of the molecule is CC(C)N1CCN2C(=O)CCC[C@@H]2C1. The molecule has 0 aromatic carbocycles. The Morgan fingerprint density at radius 3 is 2.86 bits per heavy atom. The van der Waals surface area contributed by atoms with Crippen LogP contribution in [0.3, 0.4) is 0 Å². The maximum atomic E-state index is 11.6. The number of amides is 1. The summed E-state index contributed by atoms with van der Waals surface area (Å²) >= 11 is 0. The zero-order valence-corrected chi connectivity index (χ0v) is 9.20. The second-order valence-electron chi connectivity index (χ2n) is 4.72. The van der Waals surface area contributed by atoms with E-state index >= 15 is 0 Å².